The largest absolute Gasteiger partial charge is 0.476 e. The minimum Gasteiger partial charge on any atom is -0.476 e. The van der Waals surface area contributed by atoms with Crippen LogP contribution in [0.3, 0.4) is 0 Å². The third-order valence-electron chi connectivity index (χ3n) is 7.08. The summed E-state index contributed by atoms with van der Waals surface area (Å²) in [7, 11) is 0. The second-order valence-corrected chi connectivity index (χ2v) is 9.64. The van der Waals surface area contributed by atoms with Gasteiger partial charge in [0, 0.05) is 42.2 Å². The molecule has 0 spiro atoms. The lowest BCUT2D eigenvalue weighted by Gasteiger charge is -2.31. The van der Waals surface area contributed by atoms with Gasteiger partial charge < -0.3 is 15.3 Å². The van der Waals surface area contributed by atoms with Crippen LogP contribution < -0.4 is 5.32 Å². The number of carboxylic acid groups (broad SMARTS) is 1. The van der Waals surface area contributed by atoms with Crippen LogP contribution in [0.5, 0.6) is 0 Å². The third kappa shape index (κ3) is 5.81. The topological polar surface area (TPSA) is 119 Å². The number of benzene rings is 2. The zero-order chi connectivity index (χ0) is 25.8. The highest BCUT2D eigenvalue weighted by Crippen LogP contribution is 2.24. The maximum absolute atomic E-state index is 12.9. The molecular weight excluding hydrogens is 470 g/mol. The fourth-order valence-electron chi connectivity index (χ4n) is 4.96. The van der Waals surface area contributed by atoms with Gasteiger partial charge in [0.2, 0.25) is 11.8 Å². The van der Waals surface area contributed by atoms with Gasteiger partial charge in [0.25, 0.3) is 0 Å². The Kier molecular flexibility index (Phi) is 7.19. The highest BCUT2D eigenvalue weighted by atomic mass is 16.4. The van der Waals surface area contributed by atoms with Crippen LogP contribution in [-0.2, 0) is 9.59 Å². The van der Waals surface area contributed by atoms with Gasteiger partial charge in [0.1, 0.15) is 0 Å². The summed E-state index contributed by atoms with van der Waals surface area (Å²) >= 11 is 0. The van der Waals surface area contributed by atoms with Gasteiger partial charge in [-0.15, -0.1) is 0 Å². The molecule has 2 aliphatic rings. The lowest BCUT2D eigenvalue weighted by Crippen LogP contribution is -2.43. The number of amides is 2. The van der Waals surface area contributed by atoms with E-state index in [1.165, 1.54) is 0 Å². The molecule has 2 saturated heterocycles. The van der Waals surface area contributed by atoms with Gasteiger partial charge in [-0.05, 0) is 56.1 Å². The van der Waals surface area contributed by atoms with Gasteiger partial charge in [-0.2, -0.15) is 5.10 Å². The Balaban J connectivity index is 1.09. The smallest absolute Gasteiger partial charge is 0.357 e. The molecule has 1 aromatic heterocycles. The Morgan fingerprint density at radius 1 is 1.05 bits per heavy atom. The predicted octanol–water partition coefficient (Wildman–Crippen LogP) is 2.81. The normalized spacial score (nSPS) is 18.4. The van der Waals surface area contributed by atoms with Crippen molar-refractivity contribution >= 4 is 34.4 Å². The van der Waals surface area contributed by atoms with Crippen molar-refractivity contribution in [1.29, 1.82) is 0 Å². The Morgan fingerprint density at radius 2 is 1.84 bits per heavy atom. The molecule has 5 rings (SSSR count). The summed E-state index contributed by atoms with van der Waals surface area (Å²) in [5, 5.41) is 19.1. The number of piperidine rings is 1. The van der Waals surface area contributed by atoms with E-state index in [9.17, 15) is 19.5 Å². The first-order valence-electron chi connectivity index (χ1n) is 12.6. The standard InChI is InChI=1S/C28H29N5O4/c34-25(33-14-10-20(11-15-33)7-6-19-4-2-1-3-5-19)18-32-13-12-21(17-32)27(35)29-22-8-9-24-23(16-22)26(28(36)37)31-30-24/h1-5,8-9,16,20-21H,10-15,17-18H2,(H,29,35)(H,30,31)(H,36,37). The summed E-state index contributed by atoms with van der Waals surface area (Å²) < 4.78 is 0. The van der Waals surface area contributed by atoms with Crippen LogP contribution in [0.25, 0.3) is 10.9 Å². The first kappa shape index (κ1) is 24.5. The van der Waals surface area contributed by atoms with Crippen LogP contribution in [-0.4, -0.2) is 75.6 Å². The number of aromatic carboxylic acids is 1. The average molecular weight is 500 g/mol. The van der Waals surface area contributed by atoms with Crippen LogP contribution in [0.2, 0.25) is 0 Å². The zero-order valence-corrected chi connectivity index (χ0v) is 20.4. The summed E-state index contributed by atoms with van der Waals surface area (Å²) in [4.78, 5) is 41.0. The summed E-state index contributed by atoms with van der Waals surface area (Å²) in [6.45, 7) is 2.93. The quantitative estimate of drug-likeness (QED) is 0.465. The number of rotatable bonds is 5. The van der Waals surface area contributed by atoms with Crippen LogP contribution in [0.4, 0.5) is 5.69 Å². The van der Waals surface area contributed by atoms with Gasteiger partial charge in [0.15, 0.2) is 5.69 Å². The third-order valence-corrected chi connectivity index (χ3v) is 7.08. The molecule has 9 heteroatoms. The van der Waals surface area contributed by atoms with E-state index in [0.29, 0.717) is 61.7 Å². The zero-order valence-electron chi connectivity index (χ0n) is 20.4. The number of carbonyl (C=O) groups is 3. The van der Waals surface area contributed by atoms with Crippen molar-refractivity contribution < 1.29 is 19.5 Å². The van der Waals surface area contributed by atoms with E-state index in [2.05, 4.69) is 27.4 Å². The molecule has 2 fully saturated rings. The molecule has 37 heavy (non-hydrogen) atoms. The average Bonchev–Trinajstić information content (AvgIpc) is 3.55. The number of carboxylic acids is 1. The fraction of sp³-hybridized carbons (Fsp3) is 0.357. The maximum atomic E-state index is 12.9. The van der Waals surface area contributed by atoms with Crippen molar-refractivity contribution in [1.82, 2.24) is 20.0 Å². The number of aromatic nitrogens is 2. The minimum absolute atomic E-state index is 0.0797. The number of fused-ring (bicyclic) bond motifs is 1. The number of hydrogen-bond acceptors (Lipinski definition) is 5. The molecule has 1 unspecified atom stereocenters. The van der Waals surface area contributed by atoms with E-state index in [4.69, 9.17) is 0 Å². The van der Waals surface area contributed by atoms with Crippen LogP contribution in [0.15, 0.2) is 48.5 Å². The van der Waals surface area contributed by atoms with Gasteiger partial charge in [-0.25, -0.2) is 4.79 Å². The molecule has 0 aliphatic carbocycles. The lowest BCUT2D eigenvalue weighted by atomic mass is 9.97. The van der Waals surface area contributed by atoms with Gasteiger partial charge in [0.05, 0.1) is 18.0 Å². The van der Waals surface area contributed by atoms with E-state index in [0.717, 1.165) is 18.4 Å². The Labute approximate surface area is 214 Å². The van der Waals surface area contributed by atoms with Crippen molar-refractivity contribution in [3.05, 3.63) is 59.8 Å². The maximum Gasteiger partial charge on any atom is 0.357 e. The number of nitrogens with zero attached hydrogens (tertiary/aromatic N) is 3. The van der Waals surface area contributed by atoms with Gasteiger partial charge >= 0.3 is 5.97 Å². The molecule has 2 aliphatic heterocycles. The molecule has 9 nitrogen and oxygen atoms in total. The molecule has 2 amide bonds. The van der Waals surface area contributed by atoms with E-state index in [1.54, 1.807) is 18.2 Å². The first-order chi connectivity index (χ1) is 18.0. The SMILES string of the molecule is O=C(O)c1n[nH]c2ccc(NC(=O)C3CCN(CC(=O)N4CCC(C#Cc5ccccc5)CC4)C3)cc12. The Morgan fingerprint density at radius 3 is 2.59 bits per heavy atom. The van der Waals surface area contributed by atoms with Crippen molar-refractivity contribution in [3.63, 3.8) is 0 Å². The van der Waals surface area contributed by atoms with Crippen molar-refractivity contribution in [2.24, 2.45) is 11.8 Å². The highest BCUT2D eigenvalue weighted by Gasteiger charge is 2.31. The number of nitrogens with one attached hydrogen (secondary N) is 2. The molecule has 2 aromatic carbocycles. The second-order valence-electron chi connectivity index (χ2n) is 9.64. The van der Waals surface area contributed by atoms with E-state index >= 15 is 0 Å². The minimum atomic E-state index is -1.13. The van der Waals surface area contributed by atoms with Gasteiger partial charge in [-0.3, -0.25) is 19.6 Å². The Bertz CT molecular complexity index is 1370. The van der Waals surface area contributed by atoms with Gasteiger partial charge in [-0.1, -0.05) is 30.0 Å². The number of carbonyl (C=O) groups excluding carboxylic acids is 2. The molecule has 1 atom stereocenters. The summed E-state index contributed by atoms with van der Waals surface area (Å²) in [6, 6.07) is 15.0. The van der Waals surface area contributed by atoms with E-state index in [-0.39, 0.29) is 23.4 Å². The van der Waals surface area contributed by atoms with Crippen molar-refractivity contribution in [2.75, 3.05) is 38.0 Å². The Hall–Kier alpha value is -4.16. The number of anilines is 1. The van der Waals surface area contributed by atoms with Crippen molar-refractivity contribution in [2.45, 2.75) is 19.3 Å². The molecular formula is C28H29N5O4. The van der Waals surface area contributed by atoms with Crippen LogP contribution in [0.1, 0.15) is 35.3 Å². The number of hydrogen-bond donors (Lipinski definition) is 3. The number of aromatic amines is 1. The molecule has 190 valence electrons. The summed E-state index contributed by atoms with van der Waals surface area (Å²) in [5.41, 5.74) is 2.05. The second kappa shape index (κ2) is 10.8. The molecule has 3 aromatic rings. The monoisotopic (exact) mass is 499 g/mol. The van der Waals surface area contributed by atoms with Crippen molar-refractivity contribution in [3.8, 4) is 11.8 Å². The van der Waals surface area contributed by atoms with E-state index < -0.39 is 5.97 Å². The lowest BCUT2D eigenvalue weighted by molar-refractivity contribution is -0.133. The number of likely N-dealkylation sites (tertiary alicyclic amines) is 2. The van der Waals surface area contributed by atoms with Crippen LogP contribution in [0, 0.1) is 23.7 Å². The first-order valence-corrected chi connectivity index (χ1v) is 12.6. The molecule has 3 N–H and O–H groups in total. The predicted molar refractivity (Wildman–Crippen MR) is 139 cm³/mol. The summed E-state index contributed by atoms with van der Waals surface area (Å²) in [5.74, 6) is 5.49. The molecule has 0 radical (unpaired) electrons. The van der Waals surface area contributed by atoms with Crippen LogP contribution >= 0.6 is 0 Å². The fourth-order valence-corrected chi connectivity index (χ4v) is 4.96. The summed E-state index contributed by atoms with van der Waals surface area (Å²) in [6.07, 6.45) is 2.42. The molecule has 0 bridgehead atoms. The molecule has 3 heterocycles. The highest BCUT2D eigenvalue weighted by molar-refractivity contribution is 6.03. The number of H-pyrrole nitrogens is 1. The van der Waals surface area contributed by atoms with E-state index in [1.807, 2.05) is 40.1 Å². The molecule has 0 saturated carbocycles.